The molecular formula is C12H18BrNO3. The van der Waals surface area contributed by atoms with Crippen molar-refractivity contribution in [3.63, 3.8) is 0 Å². The summed E-state index contributed by atoms with van der Waals surface area (Å²) in [4.78, 5) is 0. The number of rotatable bonds is 5. The Morgan fingerprint density at radius 3 is 2.12 bits per heavy atom. The summed E-state index contributed by atoms with van der Waals surface area (Å²) in [6.07, 6.45) is -0.230. The number of halogens is 1. The zero-order valence-corrected chi connectivity index (χ0v) is 12.1. The third kappa shape index (κ3) is 3.12. The maximum absolute atomic E-state index is 5.90. The predicted molar refractivity (Wildman–Crippen MR) is 70.6 cm³/mol. The van der Waals surface area contributed by atoms with Gasteiger partial charge in [-0.3, -0.25) is 0 Å². The highest BCUT2D eigenvalue weighted by Crippen LogP contribution is 2.37. The van der Waals surface area contributed by atoms with Gasteiger partial charge in [0.1, 0.15) is 17.6 Å². The number of hydrogen-bond acceptors (Lipinski definition) is 4. The van der Waals surface area contributed by atoms with Gasteiger partial charge in [0, 0.05) is 18.7 Å². The van der Waals surface area contributed by atoms with Crippen LogP contribution in [0.25, 0.3) is 0 Å². The molecule has 0 bridgehead atoms. The summed E-state index contributed by atoms with van der Waals surface area (Å²) < 4.78 is 16.8. The highest BCUT2D eigenvalue weighted by atomic mass is 79.9. The van der Waals surface area contributed by atoms with Crippen LogP contribution in [0.2, 0.25) is 0 Å². The van der Waals surface area contributed by atoms with Crippen LogP contribution in [0.3, 0.4) is 0 Å². The Hall–Kier alpha value is -0.780. The molecule has 1 rings (SSSR count). The fourth-order valence-corrected chi connectivity index (χ4v) is 2.22. The molecule has 0 aliphatic rings. The Kier molecular flexibility index (Phi) is 5.24. The molecule has 2 atom stereocenters. The third-order valence-electron chi connectivity index (χ3n) is 2.54. The average Bonchev–Trinajstić information content (AvgIpc) is 2.30. The van der Waals surface area contributed by atoms with Crippen molar-refractivity contribution in [1.29, 1.82) is 0 Å². The normalized spacial score (nSPS) is 14.2. The highest BCUT2D eigenvalue weighted by molar-refractivity contribution is 9.10. The van der Waals surface area contributed by atoms with E-state index in [1.165, 1.54) is 0 Å². The molecule has 17 heavy (non-hydrogen) atoms. The van der Waals surface area contributed by atoms with Gasteiger partial charge < -0.3 is 19.9 Å². The first-order chi connectivity index (χ1) is 8.04. The van der Waals surface area contributed by atoms with E-state index in [1.54, 1.807) is 21.3 Å². The lowest BCUT2D eigenvalue weighted by Gasteiger charge is -2.22. The Labute approximate surface area is 110 Å². The van der Waals surface area contributed by atoms with Gasteiger partial charge in [0.25, 0.3) is 0 Å². The molecule has 96 valence electrons. The van der Waals surface area contributed by atoms with Crippen LogP contribution in [0.4, 0.5) is 0 Å². The van der Waals surface area contributed by atoms with Crippen LogP contribution in [0.15, 0.2) is 16.6 Å². The van der Waals surface area contributed by atoms with Crippen LogP contribution >= 0.6 is 15.9 Å². The number of hydrogen-bond donors (Lipinski definition) is 1. The van der Waals surface area contributed by atoms with Crippen molar-refractivity contribution in [3.8, 4) is 11.5 Å². The van der Waals surface area contributed by atoms with Crippen molar-refractivity contribution in [3.05, 3.63) is 22.2 Å². The van der Waals surface area contributed by atoms with Crippen molar-refractivity contribution in [2.45, 2.75) is 19.1 Å². The minimum atomic E-state index is -0.230. The van der Waals surface area contributed by atoms with Crippen LogP contribution < -0.4 is 15.2 Å². The Morgan fingerprint density at radius 1 is 1.12 bits per heavy atom. The fraction of sp³-hybridized carbons (Fsp3) is 0.500. The monoisotopic (exact) mass is 303 g/mol. The van der Waals surface area contributed by atoms with Gasteiger partial charge in [-0.25, -0.2) is 0 Å². The van der Waals surface area contributed by atoms with Crippen molar-refractivity contribution < 1.29 is 14.2 Å². The summed E-state index contributed by atoms with van der Waals surface area (Å²) in [5.41, 5.74) is 6.78. The number of methoxy groups -OCH3 is 3. The molecule has 0 amide bonds. The molecule has 0 aliphatic carbocycles. The van der Waals surface area contributed by atoms with Gasteiger partial charge in [0.15, 0.2) is 0 Å². The van der Waals surface area contributed by atoms with E-state index in [9.17, 15) is 0 Å². The first-order valence-electron chi connectivity index (χ1n) is 5.25. The molecule has 2 N–H and O–H groups in total. The highest BCUT2D eigenvalue weighted by Gasteiger charge is 2.21. The van der Waals surface area contributed by atoms with Crippen molar-refractivity contribution in [2.24, 2.45) is 5.73 Å². The lowest BCUT2D eigenvalue weighted by molar-refractivity contribution is 0.0828. The molecule has 0 fully saturated rings. The van der Waals surface area contributed by atoms with Gasteiger partial charge >= 0.3 is 0 Å². The maximum atomic E-state index is 5.90. The van der Waals surface area contributed by atoms with E-state index in [0.29, 0.717) is 0 Å². The van der Waals surface area contributed by atoms with Gasteiger partial charge in [-0.05, 0) is 35.0 Å². The van der Waals surface area contributed by atoms with Crippen molar-refractivity contribution in [2.75, 3.05) is 21.3 Å². The molecule has 0 radical (unpaired) electrons. The van der Waals surface area contributed by atoms with E-state index in [1.807, 2.05) is 19.1 Å². The van der Waals surface area contributed by atoms with Crippen LogP contribution in [-0.4, -0.2) is 27.4 Å². The molecule has 0 aromatic heterocycles. The summed E-state index contributed by atoms with van der Waals surface area (Å²) in [7, 11) is 4.86. The Morgan fingerprint density at radius 2 is 1.71 bits per heavy atom. The van der Waals surface area contributed by atoms with Crippen LogP contribution in [0, 0.1) is 0 Å². The maximum Gasteiger partial charge on any atom is 0.133 e. The second-order valence-corrected chi connectivity index (χ2v) is 4.60. The van der Waals surface area contributed by atoms with E-state index in [0.717, 1.165) is 21.5 Å². The number of nitrogens with two attached hydrogens (primary N) is 1. The molecule has 1 aromatic rings. The Bertz CT molecular complexity index is 382. The van der Waals surface area contributed by atoms with Gasteiger partial charge in [0.05, 0.1) is 18.7 Å². The molecule has 0 spiro atoms. The molecule has 1 aromatic carbocycles. The quantitative estimate of drug-likeness (QED) is 0.908. The molecular weight excluding hydrogens is 286 g/mol. The van der Waals surface area contributed by atoms with Gasteiger partial charge in [-0.15, -0.1) is 0 Å². The first-order valence-corrected chi connectivity index (χ1v) is 6.04. The molecule has 0 unspecified atom stereocenters. The second-order valence-electron chi connectivity index (χ2n) is 3.74. The van der Waals surface area contributed by atoms with E-state index < -0.39 is 0 Å². The molecule has 0 saturated carbocycles. The zero-order chi connectivity index (χ0) is 13.0. The predicted octanol–water partition coefficient (Wildman–Crippen LogP) is 2.50. The van der Waals surface area contributed by atoms with Gasteiger partial charge in [0.2, 0.25) is 0 Å². The van der Waals surface area contributed by atoms with Gasteiger partial charge in [-0.2, -0.15) is 0 Å². The van der Waals surface area contributed by atoms with Gasteiger partial charge in [-0.1, -0.05) is 0 Å². The van der Waals surface area contributed by atoms with Crippen LogP contribution in [0.5, 0.6) is 11.5 Å². The zero-order valence-electron chi connectivity index (χ0n) is 10.5. The minimum Gasteiger partial charge on any atom is -0.496 e. The number of benzene rings is 1. The van der Waals surface area contributed by atoms with Crippen molar-refractivity contribution in [1.82, 2.24) is 0 Å². The molecule has 0 heterocycles. The summed E-state index contributed by atoms with van der Waals surface area (Å²) in [5.74, 6) is 1.45. The smallest absolute Gasteiger partial charge is 0.133 e. The van der Waals surface area contributed by atoms with E-state index >= 15 is 0 Å². The summed E-state index contributed by atoms with van der Waals surface area (Å²) in [6.45, 7) is 1.89. The van der Waals surface area contributed by atoms with Crippen molar-refractivity contribution >= 4 is 15.9 Å². The molecule has 4 nitrogen and oxygen atoms in total. The summed E-state index contributed by atoms with van der Waals surface area (Å²) in [5, 5.41) is 0. The van der Waals surface area contributed by atoms with Crippen LogP contribution in [-0.2, 0) is 4.74 Å². The van der Waals surface area contributed by atoms with E-state index in [2.05, 4.69) is 15.9 Å². The topological polar surface area (TPSA) is 53.7 Å². The summed E-state index contributed by atoms with van der Waals surface area (Å²) >= 11 is 3.41. The Balaban J connectivity index is 3.28. The summed E-state index contributed by atoms with van der Waals surface area (Å²) in [6, 6.07) is 3.59. The minimum absolute atomic E-state index is 0.139. The SMILES string of the molecule is COc1cc([C@@H](OC)[C@H](C)N)c(OC)cc1Br. The van der Waals surface area contributed by atoms with E-state index in [-0.39, 0.29) is 12.1 Å². The lowest BCUT2D eigenvalue weighted by Crippen LogP contribution is -2.26. The standard InChI is InChI=1S/C12H18BrNO3/c1-7(14)12(17-4)8-5-11(16-3)9(13)6-10(8)15-2/h5-7,12H,14H2,1-4H3/t7-,12-/m0/s1. The molecule has 5 heteroatoms. The molecule has 0 saturated heterocycles. The first kappa shape index (κ1) is 14.3. The van der Waals surface area contributed by atoms with E-state index in [4.69, 9.17) is 19.9 Å². The average molecular weight is 304 g/mol. The largest absolute Gasteiger partial charge is 0.496 e. The lowest BCUT2D eigenvalue weighted by atomic mass is 10.0. The molecule has 0 aliphatic heterocycles. The fourth-order valence-electron chi connectivity index (χ4n) is 1.73. The number of ether oxygens (including phenoxy) is 3. The third-order valence-corrected chi connectivity index (χ3v) is 3.16. The van der Waals surface area contributed by atoms with Crippen LogP contribution in [0.1, 0.15) is 18.6 Å². The second kappa shape index (κ2) is 6.23.